The third kappa shape index (κ3) is 5.53. The zero-order valence-corrected chi connectivity index (χ0v) is 17.4. The molecule has 0 saturated heterocycles. The van der Waals surface area contributed by atoms with Crippen molar-refractivity contribution in [1.82, 2.24) is 15.8 Å². The zero-order chi connectivity index (χ0) is 22.2. The summed E-state index contributed by atoms with van der Waals surface area (Å²) in [6, 6.07) is 14.0. The second-order valence-corrected chi connectivity index (χ2v) is 6.45. The number of methoxy groups -OCH3 is 3. The number of amides is 2. The first-order chi connectivity index (χ1) is 15.0. The molecule has 1 aromatic heterocycles. The second-order valence-electron chi connectivity index (χ2n) is 6.45. The van der Waals surface area contributed by atoms with Gasteiger partial charge in [-0.2, -0.15) is 0 Å². The summed E-state index contributed by atoms with van der Waals surface area (Å²) >= 11 is 0. The van der Waals surface area contributed by atoms with E-state index in [0.29, 0.717) is 29.4 Å². The number of hydrogen-bond acceptors (Lipinski definition) is 7. The average Bonchev–Trinajstić information content (AvgIpc) is 3.31. The minimum Gasteiger partial charge on any atom is -0.497 e. The molecule has 3 aromatic rings. The number of carbonyl (C=O) groups excluding carboxylic acids is 2. The molecule has 0 spiro atoms. The van der Waals surface area contributed by atoms with Crippen LogP contribution in [-0.4, -0.2) is 44.8 Å². The van der Waals surface area contributed by atoms with Crippen molar-refractivity contribution in [2.45, 2.75) is 6.54 Å². The van der Waals surface area contributed by atoms with E-state index in [9.17, 15) is 9.59 Å². The first kappa shape index (κ1) is 21.7. The molecule has 0 bridgehead atoms. The van der Waals surface area contributed by atoms with Gasteiger partial charge in [0.15, 0.2) is 11.5 Å². The number of ether oxygens (including phenoxy) is 3. The Labute approximate surface area is 179 Å². The van der Waals surface area contributed by atoms with E-state index in [2.05, 4.69) is 15.8 Å². The third-order valence-corrected chi connectivity index (χ3v) is 4.47. The lowest BCUT2D eigenvalue weighted by molar-refractivity contribution is -0.120. The Kier molecular flexibility index (Phi) is 7.10. The molecule has 0 radical (unpaired) electrons. The summed E-state index contributed by atoms with van der Waals surface area (Å²) in [6.45, 7) is 0.141. The largest absolute Gasteiger partial charge is 0.497 e. The van der Waals surface area contributed by atoms with Crippen molar-refractivity contribution in [2.24, 2.45) is 0 Å². The van der Waals surface area contributed by atoms with Gasteiger partial charge < -0.3 is 29.4 Å². The molecule has 0 fully saturated rings. The maximum absolute atomic E-state index is 12.3. The van der Waals surface area contributed by atoms with Gasteiger partial charge in [-0.25, -0.2) is 0 Å². The van der Waals surface area contributed by atoms with E-state index in [0.717, 1.165) is 11.3 Å². The van der Waals surface area contributed by atoms with Gasteiger partial charge >= 0.3 is 0 Å². The van der Waals surface area contributed by atoms with Gasteiger partial charge in [0.1, 0.15) is 17.2 Å². The summed E-state index contributed by atoms with van der Waals surface area (Å²) in [5, 5.41) is 9.04. The minimum atomic E-state index is -0.531. The van der Waals surface area contributed by atoms with Gasteiger partial charge in [-0.05, 0) is 35.9 Å². The second kappa shape index (κ2) is 10.1. The summed E-state index contributed by atoms with van der Waals surface area (Å²) in [5.41, 5.74) is 1.54. The van der Waals surface area contributed by atoms with E-state index in [4.69, 9.17) is 18.7 Å². The molecular weight excluding hydrogens is 402 g/mol. The van der Waals surface area contributed by atoms with Gasteiger partial charge in [-0.15, -0.1) is 0 Å². The number of nitrogens with zero attached hydrogens (tertiary/aromatic N) is 1. The summed E-state index contributed by atoms with van der Waals surface area (Å²) < 4.78 is 20.9. The van der Waals surface area contributed by atoms with Crippen LogP contribution in [0.2, 0.25) is 0 Å². The van der Waals surface area contributed by atoms with Gasteiger partial charge in [0, 0.05) is 12.6 Å². The van der Waals surface area contributed by atoms with Gasteiger partial charge in [-0.3, -0.25) is 9.59 Å². The molecule has 3 rings (SSSR count). The van der Waals surface area contributed by atoms with Crippen molar-refractivity contribution >= 4 is 11.8 Å². The maximum Gasteiger partial charge on any atom is 0.273 e. The quantitative estimate of drug-likeness (QED) is 0.541. The summed E-state index contributed by atoms with van der Waals surface area (Å²) in [7, 11) is 4.66. The van der Waals surface area contributed by atoms with Crippen molar-refractivity contribution in [2.75, 3.05) is 27.9 Å². The highest BCUT2D eigenvalue weighted by atomic mass is 16.5. The fraction of sp³-hybridized carbons (Fsp3) is 0.227. The molecule has 2 aromatic carbocycles. The summed E-state index contributed by atoms with van der Waals surface area (Å²) in [5.74, 6) is 1.36. The van der Waals surface area contributed by atoms with Crippen LogP contribution in [0.3, 0.4) is 0 Å². The number of hydrogen-bond donors (Lipinski definition) is 2. The molecule has 0 aliphatic heterocycles. The monoisotopic (exact) mass is 425 g/mol. The van der Waals surface area contributed by atoms with Crippen LogP contribution in [0.4, 0.5) is 0 Å². The molecule has 0 aliphatic rings. The topological polar surface area (TPSA) is 112 Å². The Morgan fingerprint density at radius 1 is 0.903 bits per heavy atom. The van der Waals surface area contributed by atoms with Crippen molar-refractivity contribution in [3.8, 4) is 28.6 Å². The molecule has 31 heavy (non-hydrogen) atoms. The van der Waals surface area contributed by atoms with E-state index in [-0.39, 0.29) is 18.1 Å². The normalized spacial score (nSPS) is 10.3. The molecule has 1 heterocycles. The number of aromatic nitrogens is 1. The number of nitrogens with one attached hydrogen (secondary N) is 2. The van der Waals surface area contributed by atoms with Crippen LogP contribution < -0.4 is 24.8 Å². The molecule has 162 valence electrons. The number of carbonyl (C=O) groups is 2. The van der Waals surface area contributed by atoms with Gasteiger partial charge in [0.05, 0.1) is 33.4 Å². The van der Waals surface area contributed by atoms with Crippen LogP contribution >= 0.6 is 0 Å². The third-order valence-electron chi connectivity index (χ3n) is 4.47. The molecule has 0 atom stereocenters. The van der Waals surface area contributed by atoms with Crippen molar-refractivity contribution < 1.29 is 28.3 Å². The van der Waals surface area contributed by atoms with Crippen LogP contribution in [0.1, 0.15) is 16.1 Å². The zero-order valence-electron chi connectivity index (χ0n) is 17.4. The Balaban J connectivity index is 1.55. The van der Waals surface area contributed by atoms with Gasteiger partial charge in [0.2, 0.25) is 5.91 Å². The van der Waals surface area contributed by atoms with Gasteiger partial charge in [-0.1, -0.05) is 17.3 Å². The SMILES string of the molecule is COc1ccc(CNC(=O)CNC(=O)c2cc(-c3cc(OC)ccc3OC)on2)cc1. The standard InChI is InChI=1S/C22H23N3O6/c1-28-15-6-4-14(5-7-15)12-23-21(26)13-24-22(27)18-11-20(31-25-18)17-10-16(29-2)8-9-19(17)30-3/h4-11H,12-13H2,1-3H3,(H,23,26)(H,24,27). The predicted octanol–water partition coefficient (Wildman–Crippen LogP) is 2.41. The Morgan fingerprint density at radius 2 is 1.61 bits per heavy atom. The lowest BCUT2D eigenvalue weighted by Crippen LogP contribution is -2.36. The summed E-state index contributed by atoms with van der Waals surface area (Å²) in [4.78, 5) is 24.4. The molecule has 9 heteroatoms. The highest BCUT2D eigenvalue weighted by molar-refractivity contribution is 5.95. The smallest absolute Gasteiger partial charge is 0.273 e. The molecule has 0 unspecified atom stereocenters. The highest BCUT2D eigenvalue weighted by Crippen LogP contribution is 2.33. The van der Waals surface area contributed by atoms with Crippen LogP contribution in [0, 0.1) is 0 Å². The fourth-order valence-electron chi connectivity index (χ4n) is 2.77. The predicted molar refractivity (Wildman–Crippen MR) is 112 cm³/mol. The van der Waals surface area contributed by atoms with E-state index in [1.807, 2.05) is 24.3 Å². The Morgan fingerprint density at radius 3 is 2.29 bits per heavy atom. The minimum absolute atomic E-state index is 0.0443. The lowest BCUT2D eigenvalue weighted by atomic mass is 10.1. The van der Waals surface area contributed by atoms with Crippen molar-refractivity contribution in [3.05, 3.63) is 59.8 Å². The molecular formula is C22H23N3O6. The average molecular weight is 425 g/mol. The molecule has 2 amide bonds. The van der Waals surface area contributed by atoms with E-state index in [1.165, 1.54) is 13.2 Å². The van der Waals surface area contributed by atoms with Crippen LogP contribution in [-0.2, 0) is 11.3 Å². The summed E-state index contributed by atoms with van der Waals surface area (Å²) in [6.07, 6.45) is 0. The molecule has 2 N–H and O–H groups in total. The maximum atomic E-state index is 12.3. The van der Waals surface area contributed by atoms with Crippen molar-refractivity contribution in [3.63, 3.8) is 0 Å². The molecule has 9 nitrogen and oxygen atoms in total. The van der Waals surface area contributed by atoms with Gasteiger partial charge in [0.25, 0.3) is 5.91 Å². The highest BCUT2D eigenvalue weighted by Gasteiger charge is 2.17. The Hall–Kier alpha value is -4.01. The first-order valence-corrected chi connectivity index (χ1v) is 9.41. The number of benzene rings is 2. The first-order valence-electron chi connectivity index (χ1n) is 9.41. The lowest BCUT2D eigenvalue weighted by Gasteiger charge is -2.07. The van der Waals surface area contributed by atoms with Crippen LogP contribution in [0.25, 0.3) is 11.3 Å². The Bertz CT molecular complexity index is 1050. The van der Waals surface area contributed by atoms with Crippen LogP contribution in [0.15, 0.2) is 53.1 Å². The fourth-order valence-corrected chi connectivity index (χ4v) is 2.77. The number of rotatable bonds is 9. The van der Waals surface area contributed by atoms with E-state index < -0.39 is 5.91 Å². The molecule has 0 aliphatic carbocycles. The van der Waals surface area contributed by atoms with Crippen molar-refractivity contribution in [1.29, 1.82) is 0 Å². The molecule has 0 saturated carbocycles. The van der Waals surface area contributed by atoms with E-state index in [1.54, 1.807) is 32.4 Å². The van der Waals surface area contributed by atoms with E-state index >= 15 is 0 Å². The van der Waals surface area contributed by atoms with Crippen LogP contribution in [0.5, 0.6) is 17.2 Å².